The number of aromatic nitrogens is 1. The molecule has 2 aromatic carbocycles. The Morgan fingerprint density at radius 1 is 1.19 bits per heavy atom. The number of amides is 1. The van der Waals surface area contributed by atoms with Crippen molar-refractivity contribution in [1.82, 2.24) is 4.57 Å². The van der Waals surface area contributed by atoms with Crippen molar-refractivity contribution in [1.29, 1.82) is 0 Å². The second-order valence-electron chi connectivity index (χ2n) is 5.47. The SMILES string of the molecule is O=C(CCn1c(=O)oc2ccc(Cl)cc21)Nc1ccccc1C(F)(F)F. The number of carbonyl (C=O) groups excluding carboxylic acids is 1. The third kappa shape index (κ3) is 3.75. The summed E-state index contributed by atoms with van der Waals surface area (Å²) < 4.78 is 45.1. The van der Waals surface area contributed by atoms with Crippen molar-refractivity contribution in [3.63, 3.8) is 0 Å². The number of alkyl halides is 3. The first-order valence-electron chi connectivity index (χ1n) is 7.50. The highest BCUT2D eigenvalue weighted by Crippen LogP contribution is 2.34. The second-order valence-corrected chi connectivity index (χ2v) is 5.91. The minimum atomic E-state index is -4.58. The molecule has 1 amide bonds. The lowest BCUT2D eigenvalue weighted by molar-refractivity contribution is -0.137. The van der Waals surface area contributed by atoms with Crippen LogP contribution in [-0.4, -0.2) is 10.5 Å². The Bertz CT molecular complexity index is 1020. The standard InChI is InChI=1S/C17H12ClF3N2O3/c18-10-5-6-14-13(9-10)23(16(25)26-14)8-7-15(24)22-12-4-2-1-3-11(12)17(19,20)21/h1-6,9H,7-8H2,(H,22,24). The van der Waals surface area contributed by atoms with Crippen LogP contribution in [0.4, 0.5) is 18.9 Å². The Balaban J connectivity index is 1.76. The van der Waals surface area contributed by atoms with Gasteiger partial charge in [0.05, 0.1) is 16.8 Å². The van der Waals surface area contributed by atoms with E-state index in [4.69, 9.17) is 16.0 Å². The van der Waals surface area contributed by atoms with Crippen LogP contribution in [0.15, 0.2) is 51.7 Å². The summed E-state index contributed by atoms with van der Waals surface area (Å²) in [5.74, 6) is -1.34. The Morgan fingerprint density at radius 3 is 2.65 bits per heavy atom. The van der Waals surface area contributed by atoms with Crippen LogP contribution < -0.4 is 11.1 Å². The average molecular weight is 385 g/mol. The molecular formula is C17H12ClF3N2O3. The number of hydrogen-bond acceptors (Lipinski definition) is 3. The molecule has 3 rings (SSSR count). The molecule has 136 valence electrons. The summed E-state index contributed by atoms with van der Waals surface area (Å²) >= 11 is 5.89. The Morgan fingerprint density at radius 2 is 1.92 bits per heavy atom. The van der Waals surface area contributed by atoms with E-state index in [1.54, 1.807) is 6.07 Å². The first-order valence-corrected chi connectivity index (χ1v) is 7.88. The Hall–Kier alpha value is -2.74. The van der Waals surface area contributed by atoms with E-state index in [2.05, 4.69) is 5.32 Å². The van der Waals surface area contributed by atoms with E-state index < -0.39 is 23.4 Å². The smallest absolute Gasteiger partial charge is 0.408 e. The zero-order chi connectivity index (χ0) is 18.9. The third-order valence-electron chi connectivity index (χ3n) is 3.70. The van der Waals surface area contributed by atoms with Gasteiger partial charge in [-0.2, -0.15) is 13.2 Å². The molecule has 1 aromatic heterocycles. The molecule has 0 bridgehead atoms. The van der Waals surface area contributed by atoms with Crippen LogP contribution in [0.5, 0.6) is 0 Å². The second kappa shape index (κ2) is 6.87. The number of fused-ring (bicyclic) bond motifs is 1. The molecule has 0 saturated carbocycles. The van der Waals surface area contributed by atoms with Crippen LogP contribution in [0, 0.1) is 0 Å². The van der Waals surface area contributed by atoms with E-state index in [9.17, 15) is 22.8 Å². The maximum atomic E-state index is 13.0. The zero-order valence-corrected chi connectivity index (χ0v) is 13.9. The van der Waals surface area contributed by atoms with E-state index >= 15 is 0 Å². The van der Waals surface area contributed by atoms with Gasteiger partial charge in [-0.25, -0.2) is 4.79 Å². The highest BCUT2D eigenvalue weighted by molar-refractivity contribution is 6.31. The van der Waals surface area contributed by atoms with Gasteiger partial charge in [-0.3, -0.25) is 9.36 Å². The van der Waals surface area contributed by atoms with Crippen molar-refractivity contribution >= 4 is 34.3 Å². The minimum absolute atomic E-state index is 0.0633. The number of nitrogens with zero attached hydrogens (tertiary/aromatic N) is 1. The summed E-state index contributed by atoms with van der Waals surface area (Å²) in [5.41, 5.74) is -0.559. The highest BCUT2D eigenvalue weighted by Gasteiger charge is 2.33. The molecular weight excluding hydrogens is 373 g/mol. The van der Waals surface area contributed by atoms with Crippen LogP contribution in [0.2, 0.25) is 5.02 Å². The van der Waals surface area contributed by atoms with Crippen molar-refractivity contribution in [2.75, 3.05) is 5.32 Å². The van der Waals surface area contributed by atoms with E-state index in [1.807, 2.05) is 0 Å². The summed E-state index contributed by atoms with van der Waals surface area (Å²) in [6.07, 6.45) is -4.80. The predicted octanol–water partition coefficient (Wildman–Crippen LogP) is 4.30. The number of carbonyl (C=O) groups is 1. The van der Waals surface area contributed by atoms with Gasteiger partial charge >= 0.3 is 11.9 Å². The Kier molecular flexibility index (Phi) is 4.78. The minimum Gasteiger partial charge on any atom is -0.408 e. The summed E-state index contributed by atoms with van der Waals surface area (Å²) in [6.45, 7) is -0.0633. The lowest BCUT2D eigenvalue weighted by atomic mass is 10.1. The van der Waals surface area contributed by atoms with E-state index in [1.165, 1.54) is 34.9 Å². The first-order chi connectivity index (χ1) is 12.3. The fourth-order valence-corrected chi connectivity index (χ4v) is 2.68. The molecule has 0 fully saturated rings. The molecule has 0 aliphatic rings. The lowest BCUT2D eigenvalue weighted by Gasteiger charge is -2.13. The van der Waals surface area contributed by atoms with Crippen molar-refractivity contribution < 1.29 is 22.4 Å². The van der Waals surface area contributed by atoms with Gasteiger partial charge < -0.3 is 9.73 Å². The van der Waals surface area contributed by atoms with Crippen molar-refractivity contribution in [3.05, 3.63) is 63.6 Å². The van der Waals surface area contributed by atoms with Crippen LogP contribution in [-0.2, 0) is 17.5 Å². The lowest BCUT2D eigenvalue weighted by Crippen LogP contribution is -2.21. The molecule has 0 radical (unpaired) electrons. The largest absolute Gasteiger partial charge is 0.419 e. The summed E-state index contributed by atoms with van der Waals surface area (Å²) in [6, 6.07) is 9.26. The number of para-hydroxylation sites is 1. The number of aryl methyl sites for hydroxylation is 1. The highest BCUT2D eigenvalue weighted by atomic mass is 35.5. The number of anilines is 1. The molecule has 0 saturated heterocycles. The number of benzene rings is 2. The molecule has 1 heterocycles. The number of halogens is 4. The normalized spacial score (nSPS) is 11.7. The van der Waals surface area contributed by atoms with Crippen molar-refractivity contribution in [2.24, 2.45) is 0 Å². The number of hydrogen-bond donors (Lipinski definition) is 1. The topological polar surface area (TPSA) is 64.2 Å². The molecule has 0 atom stereocenters. The van der Waals surface area contributed by atoms with Gasteiger partial charge in [0.25, 0.3) is 0 Å². The van der Waals surface area contributed by atoms with Gasteiger partial charge in [-0.05, 0) is 30.3 Å². The number of rotatable bonds is 4. The van der Waals surface area contributed by atoms with Gasteiger partial charge in [-0.1, -0.05) is 23.7 Å². The van der Waals surface area contributed by atoms with Crippen molar-refractivity contribution in [2.45, 2.75) is 19.1 Å². The fraction of sp³-hybridized carbons (Fsp3) is 0.176. The molecule has 0 aliphatic heterocycles. The number of nitrogens with one attached hydrogen (secondary N) is 1. The van der Waals surface area contributed by atoms with Gasteiger partial charge in [0.2, 0.25) is 5.91 Å². The van der Waals surface area contributed by atoms with Gasteiger partial charge in [0, 0.05) is 18.0 Å². The monoisotopic (exact) mass is 384 g/mol. The molecule has 9 heteroatoms. The molecule has 26 heavy (non-hydrogen) atoms. The molecule has 0 spiro atoms. The molecule has 1 N–H and O–H groups in total. The maximum Gasteiger partial charge on any atom is 0.419 e. The summed E-state index contributed by atoms with van der Waals surface area (Å²) in [5, 5.41) is 2.61. The van der Waals surface area contributed by atoms with Gasteiger partial charge in [0.1, 0.15) is 0 Å². The van der Waals surface area contributed by atoms with Crippen LogP contribution in [0.1, 0.15) is 12.0 Å². The van der Waals surface area contributed by atoms with Crippen LogP contribution >= 0.6 is 11.6 Å². The van der Waals surface area contributed by atoms with Gasteiger partial charge in [0.15, 0.2) is 5.58 Å². The third-order valence-corrected chi connectivity index (χ3v) is 3.93. The molecule has 0 aliphatic carbocycles. The first kappa shape index (κ1) is 18.1. The van der Waals surface area contributed by atoms with Crippen LogP contribution in [0.25, 0.3) is 11.1 Å². The zero-order valence-electron chi connectivity index (χ0n) is 13.1. The van der Waals surface area contributed by atoms with Crippen molar-refractivity contribution in [3.8, 4) is 0 Å². The van der Waals surface area contributed by atoms with Crippen LogP contribution in [0.3, 0.4) is 0 Å². The predicted molar refractivity (Wildman–Crippen MR) is 90.2 cm³/mol. The Labute approximate surface area is 150 Å². The molecule has 0 unspecified atom stereocenters. The van der Waals surface area contributed by atoms with E-state index in [0.717, 1.165) is 6.07 Å². The fourth-order valence-electron chi connectivity index (χ4n) is 2.51. The van der Waals surface area contributed by atoms with E-state index in [-0.39, 0.29) is 18.7 Å². The maximum absolute atomic E-state index is 13.0. The van der Waals surface area contributed by atoms with Gasteiger partial charge in [-0.15, -0.1) is 0 Å². The molecule has 3 aromatic rings. The summed E-state index contributed by atoms with van der Waals surface area (Å²) in [7, 11) is 0. The number of oxazole rings is 1. The quantitative estimate of drug-likeness (QED) is 0.729. The average Bonchev–Trinajstić information content (AvgIpc) is 2.87. The molecule has 5 nitrogen and oxygen atoms in total. The summed E-state index contributed by atoms with van der Waals surface area (Å²) in [4.78, 5) is 23.9. The van der Waals surface area contributed by atoms with E-state index in [0.29, 0.717) is 16.1 Å².